The van der Waals surface area contributed by atoms with Crippen LogP contribution in [0.1, 0.15) is 30.9 Å². The van der Waals surface area contributed by atoms with Crippen LogP contribution in [0.5, 0.6) is 5.75 Å². The molecule has 0 aliphatic carbocycles. The molecule has 0 aliphatic heterocycles. The van der Waals surface area contributed by atoms with Gasteiger partial charge in [0.25, 0.3) is 0 Å². The van der Waals surface area contributed by atoms with Gasteiger partial charge in [-0.05, 0) is 30.0 Å². The second kappa shape index (κ2) is 6.26. The number of aryl methyl sites for hydroxylation is 1. The van der Waals surface area contributed by atoms with Crippen molar-refractivity contribution in [2.75, 3.05) is 11.9 Å². The molecule has 0 heterocycles. The van der Waals surface area contributed by atoms with Crippen LogP contribution in [-0.2, 0) is 0 Å². The van der Waals surface area contributed by atoms with Crippen LogP contribution in [-0.4, -0.2) is 23.1 Å². The zero-order valence-corrected chi connectivity index (χ0v) is 11.6. The van der Waals surface area contributed by atoms with Gasteiger partial charge in [-0.3, -0.25) is 0 Å². The monoisotopic (exact) mass is 286 g/mol. The first-order chi connectivity index (χ1) is 7.54. The van der Waals surface area contributed by atoms with Crippen LogP contribution < -0.4 is 4.74 Å². The van der Waals surface area contributed by atoms with Crippen LogP contribution in [0.3, 0.4) is 0 Å². The van der Waals surface area contributed by atoms with Crippen molar-refractivity contribution in [3.63, 3.8) is 0 Å². The Morgan fingerprint density at radius 1 is 1.38 bits per heavy atom. The summed E-state index contributed by atoms with van der Waals surface area (Å²) in [4.78, 5) is 0. The Kier molecular flexibility index (Phi) is 5.29. The molecule has 1 atom stereocenters. The highest BCUT2D eigenvalue weighted by molar-refractivity contribution is 9.09. The van der Waals surface area contributed by atoms with Crippen LogP contribution in [0.25, 0.3) is 0 Å². The van der Waals surface area contributed by atoms with E-state index in [4.69, 9.17) is 4.74 Å². The first-order valence-corrected chi connectivity index (χ1v) is 6.64. The molecule has 0 bridgehead atoms. The fraction of sp³-hybridized carbons (Fsp3) is 0.538. The first-order valence-electron chi connectivity index (χ1n) is 5.52. The number of hydrogen-bond donors (Lipinski definition) is 1. The Bertz CT molecular complexity index is 337. The molecule has 0 fully saturated rings. The summed E-state index contributed by atoms with van der Waals surface area (Å²) in [7, 11) is 0. The molecule has 3 heteroatoms. The second-order valence-corrected chi connectivity index (χ2v) is 4.95. The normalized spacial score (nSPS) is 12.9. The lowest BCUT2D eigenvalue weighted by atomic mass is 10.0. The van der Waals surface area contributed by atoms with Crippen LogP contribution in [0, 0.1) is 6.92 Å². The average molecular weight is 287 g/mol. The van der Waals surface area contributed by atoms with Crippen LogP contribution in [0.15, 0.2) is 18.2 Å². The van der Waals surface area contributed by atoms with E-state index in [-0.39, 0.29) is 0 Å². The maximum absolute atomic E-state index is 9.42. The average Bonchev–Trinajstić information content (AvgIpc) is 2.27. The Labute approximate surface area is 106 Å². The van der Waals surface area contributed by atoms with Gasteiger partial charge in [0, 0.05) is 5.33 Å². The van der Waals surface area contributed by atoms with E-state index in [1.165, 1.54) is 5.56 Å². The Balaban J connectivity index is 2.74. The van der Waals surface area contributed by atoms with E-state index in [0.717, 1.165) is 11.3 Å². The largest absolute Gasteiger partial charge is 0.491 e. The van der Waals surface area contributed by atoms with Crippen molar-refractivity contribution in [1.82, 2.24) is 0 Å². The molecule has 0 spiro atoms. The first kappa shape index (κ1) is 13.5. The highest BCUT2D eigenvalue weighted by Crippen LogP contribution is 2.24. The summed E-state index contributed by atoms with van der Waals surface area (Å²) >= 11 is 3.21. The highest BCUT2D eigenvalue weighted by Gasteiger charge is 2.07. The van der Waals surface area contributed by atoms with Crippen molar-refractivity contribution >= 4 is 15.9 Å². The van der Waals surface area contributed by atoms with E-state index in [0.29, 0.717) is 17.9 Å². The smallest absolute Gasteiger partial charge is 0.122 e. The van der Waals surface area contributed by atoms with Gasteiger partial charge >= 0.3 is 0 Å². The van der Waals surface area contributed by atoms with E-state index in [1.807, 2.05) is 6.92 Å². The van der Waals surface area contributed by atoms with Crippen molar-refractivity contribution in [2.45, 2.75) is 32.8 Å². The van der Waals surface area contributed by atoms with E-state index < -0.39 is 6.10 Å². The third kappa shape index (κ3) is 3.80. The lowest BCUT2D eigenvalue weighted by Crippen LogP contribution is -2.19. The van der Waals surface area contributed by atoms with E-state index in [2.05, 4.69) is 48.0 Å². The molecule has 16 heavy (non-hydrogen) atoms. The van der Waals surface area contributed by atoms with Gasteiger partial charge in [0.15, 0.2) is 0 Å². The van der Waals surface area contributed by atoms with Crippen molar-refractivity contribution in [3.8, 4) is 5.75 Å². The molecular weight excluding hydrogens is 268 g/mol. The van der Waals surface area contributed by atoms with Gasteiger partial charge in [-0.1, -0.05) is 41.9 Å². The molecule has 1 rings (SSSR count). The molecule has 2 nitrogen and oxygen atoms in total. The Morgan fingerprint density at radius 2 is 2.06 bits per heavy atom. The number of aliphatic hydroxyl groups excluding tert-OH is 1. The molecule has 0 aliphatic rings. The van der Waals surface area contributed by atoms with E-state index in [1.54, 1.807) is 0 Å². The standard InChI is InChI=1S/C13H19BrO2/c1-9(2)11-5-4-10(3)13(6-11)16-8-12(15)7-14/h4-6,9,12,15H,7-8H2,1-3H3. The van der Waals surface area contributed by atoms with Crippen molar-refractivity contribution < 1.29 is 9.84 Å². The quantitative estimate of drug-likeness (QED) is 0.842. The molecule has 0 amide bonds. The van der Waals surface area contributed by atoms with Crippen molar-refractivity contribution in [1.29, 1.82) is 0 Å². The molecule has 0 saturated carbocycles. The molecule has 1 N–H and O–H groups in total. The van der Waals surface area contributed by atoms with Crippen molar-refractivity contribution in [2.24, 2.45) is 0 Å². The minimum absolute atomic E-state index is 0.327. The summed E-state index contributed by atoms with van der Waals surface area (Å²) in [6.45, 7) is 6.65. The molecule has 1 aromatic carbocycles. The summed E-state index contributed by atoms with van der Waals surface area (Å²) in [6, 6.07) is 6.24. The molecule has 0 radical (unpaired) electrons. The van der Waals surface area contributed by atoms with Gasteiger partial charge in [-0.15, -0.1) is 0 Å². The maximum Gasteiger partial charge on any atom is 0.122 e. The molecule has 0 saturated heterocycles. The molecule has 90 valence electrons. The number of benzene rings is 1. The van der Waals surface area contributed by atoms with Crippen LogP contribution in [0.4, 0.5) is 0 Å². The zero-order valence-electron chi connectivity index (χ0n) is 10.0. The Morgan fingerprint density at radius 3 is 2.62 bits per heavy atom. The fourth-order valence-electron chi connectivity index (χ4n) is 1.36. The summed E-state index contributed by atoms with van der Waals surface area (Å²) in [5.74, 6) is 1.36. The summed E-state index contributed by atoms with van der Waals surface area (Å²) in [5.41, 5.74) is 2.36. The fourth-order valence-corrected chi connectivity index (χ4v) is 1.55. The predicted molar refractivity (Wildman–Crippen MR) is 70.6 cm³/mol. The van der Waals surface area contributed by atoms with Gasteiger partial charge in [0.05, 0.1) is 6.10 Å². The van der Waals surface area contributed by atoms with Gasteiger partial charge < -0.3 is 9.84 Å². The van der Waals surface area contributed by atoms with Crippen molar-refractivity contribution in [3.05, 3.63) is 29.3 Å². The van der Waals surface area contributed by atoms with Gasteiger partial charge in [0.2, 0.25) is 0 Å². The second-order valence-electron chi connectivity index (χ2n) is 4.30. The summed E-state index contributed by atoms with van der Waals surface area (Å²) < 4.78 is 5.60. The molecule has 1 unspecified atom stereocenters. The van der Waals surface area contributed by atoms with E-state index in [9.17, 15) is 5.11 Å². The molecular formula is C13H19BrO2. The minimum Gasteiger partial charge on any atom is -0.491 e. The number of rotatable bonds is 5. The molecule has 0 aromatic heterocycles. The Hall–Kier alpha value is -0.540. The third-order valence-corrected chi connectivity index (χ3v) is 3.24. The topological polar surface area (TPSA) is 29.5 Å². The number of ether oxygens (including phenoxy) is 1. The van der Waals surface area contributed by atoms with Gasteiger partial charge in [0.1, 0.15) is 12.4 Å². The SMILES string of the molecule is Cc1ccc(C(C)C)cc1OCC(O)CBr. The number of alkyl halides is 1. The minimum atomic E-state index is -0.456. The predicted octanol–water partition coefficient (Wildman–Crippen LogP) is 3.25. The number of hydrogen-bond acceptors (Lipinski definition) is 2. The lowest BCUT2D eigenvalue weighted by Gasteiger charge is -2.14. The highest BCUT2D eigenvalue weighted by atomic mass is 79.9. The molecule has 1 aromatic rings. The number of halogens is 1. The van der Waals surface area contributed by atoms with Crippen LogP contribution >= 0.6 is 15.9 Å². The maximum atomic E-state index is 9.42. The summed E-state index contributed by atoms with van der Waals surface area (Å²) in [6.07, 6.45) is -0.456. The van der Waals surface area contributed by atoms with Crippen LogP contribution in [0.2, 0.25) is 0 Å². The number of aliphatic hydroxyl groups is 1. The zero-order chi connectivity index (χ0) is 12.1. The van der Waals surface area contributed by atoms with E-state index >= 15 is 0 Å². The van der Waals surface area contributed by atoms with Gasteiger partial charge in [-0.25, -0.2) is 0 Å². The summed E-state index contributed by atoms with van der Waals surface area (Å²) in [5, 5.41) is 9.95. The lowest BCUT2D eigenvalue weighted by molar-refractivity contribution is 0.127. The third-order valence-electron chi connectivity index (χ3n) is 2.49. The van der Waals surface area contributed by atoms with Gasteiger partial charge in [-0.2, -0.15) is 0 Å².